The van der Waals surface area contributed by atoms with Crippen molar-refractivity contribution >= 4 is 27.4 Å². The lowest BCUT2D eigenvalue weighted by molar-refractivity contribution is 0.0976. The van der Waals surface area contributed by atoms with E-state index in [0.29, 0.717) is 23.5 Å². The van der Waals surface area contributed by atoms with Gasteiger partial charge in [-0.15, -0.1) is 0 Å². The molecule has 0 aromatic heterocycles. The molecule has 0 saturated carbocycles. The molecule has 3 rings (SSSR count). The van der Waals surface area contributed by atoms with Gasteiger partial charge in [-0.05, 0) is 60.5 Å². The van der Waals surface area contributed by atoms with Gasteiger partial charge in [0, 0.05) is 22.1 Å². The Hall–Kier alpha value is -2.79. The third kappa shape index (κ3) is 5.39. The molecule has 29 heavy (non-hydrogen) atoms. The summed E-state index contributed by atoms with van der Waals surface area (Å²) in [7, 11) is 3.14. The highest BCUT2D eigenvalue weighted by Crippen LogP contribution is 2.30. The Bertz CT molecular complexity index is 986. The van der Waals surface area contributed by atoms with E-state index in [1.54, 1.807) is 32.4 Å². The maximum atomic E-state index is 13.1. The van der Waals surface area contributed by atoms with Gasteiger partial charge in [-0.1, -0.05) is 40.2 Å². The Morgan fingerprint density at radius 1 is 0.966 bits per heavy atom. The van der Waals surface area contributed by atoms with Crippen molar-refractivity contribution in [2.24, 2.45) is 0 Å². The number of aryl methyl sites for hydroxylation is 1. The third-order valence-electron chi connectivity index (χ3n) is 4.73. The summed E-state index contributed by atoms with van der Waals surface area (Å²) >= 11 is 3.47. The molecule has 0 radical (unpaired) electrons. The van der Waals surface area contributed by atoms with E-state index in [9.17, 15) is 4.79 Å². The highest BCUT2D eigenvalue weighted by Gasteiger charge is 2.19. The second-order valence-electron chi connectivity index (χ2n) is 6.82. The Labute approximate surface area is 180 Å². The average molecular weight is 454 g/mol. The van der Waals surface area contributed by atoms with Gasteiger partial charge in [-0.25, -0.2) is 0 Å². The number of ether oxygens (including phenoxy) is 2. The Morgan fingerprint density at radius 2 is 1.69 bits per heavy atom. The van der Waals surface area contributed by atoms with Crippen LogP contribution in [0.4, 0.5) is 5.69 Å². The lowest BCUT2D eigenvalue weighted by Gasteiger charge is -2.21. The molecule has 5 heteroatoms. The van der Waals surface area contributed by atoms with Crippen molar-refractivity contribution in [2.45, 2.75) is 19.4 Å². The molecule has 0 aliphatic carbocycles. The molecule has 0 aliphatic heterocycles. The standard InChI is InChI=1S/C24H24BrNO3/c1-16-5-4-6-20(13-16)26-21(17-7-10-19(25)11-8-17)15-22(27)18-9-12-23(28-2)24(14-18)29-3/h4-14,21,26H,15H2,1-3H3. The first kappa shape index (κ1) is 20.9. The van der Waals surface area contributed by atoms with Gasteiger partial charge >= 0.3 is 0 Å². The predicted molar refractivity (Wildman–Crippen MR) is 120 cm³/mol. The van der Waals surface area contributed by atoms with Gasteiger partial charge in [-0.2, -0.15) is 0 Å². The van der Waals surface area contributed by atoms with Crippen molar-refractivity contribution < 1.29 is 14.3 Å². The van der Waals surface area contributed by atoms with Crippen molar-refractivity contribution in [1.29, 1.82) is 0 Å². The maximum absolute atomic E-state index is 13.1. The number of carbonyl (C=O) groups excluding carboxylic acids is 1. The summed E-state index contributed by atoms with van der Waals surface area (Å²) in [5.41, 5.74) is 3.79. The zero-order valence-electron chi connectivity index (χ0n) is 16.7. The Kier molecular flexibility index (Phi) is 6.94. The van der Waals surface area contributed by atoms with Crippen LogP contribution in [-0.4, -0.2) is 20.0 Å². The SMILES string of the molecule is COc1ccc(C(=O)CC(Nc2cccc(C)c2)c2ccc(Br)cc2)cc1OC. The van der Waals surface area contributed by atoms with Crippen molar-refractivity contribution in [3.63, 3.8) is 0 Å². The van der Waals surface area contributed by atoms with E-state index in [0.717, 1.165) is 21.3 Å². The van der Waals surface area contributed by atoms with Crippen LogP contribution in [0.15, 0.2) is 71.2 Å². The van der Waals surface area contributed by atoms with Crippen molar-refractivity contribution in [2.75, 3.05) is 19.5 Å². The first-order valence-corrected chi connectivity index (χ1v) is 10.1. The number of methoxy groups -OCH3 is 2. The lowest BCUT2D eigenvalue weighted by Crippen LogP contribution is -2.16. The average Bonchev–Trinajstić information content (AvgIpc) is 2.73. The van der Waals surface area contributed by atoms with Crippen LogP contribution >= 0.6 is 15.9 Å². The summed E-state index contributed by atoms with van der Waals surface area (Å²) in [5.74, 6) is 1.18. The molecule has 0 spiro atoms. The number of halogens is 1. The van der Waals surface area contributed by atoms with E-state index in [4.69, 9.17) is 9.47 Å². The van der Waals surface area contributed by atoms with Gasteiger partial charge in [0.1, 0.15) is 0 Å². The van der Waals surface area contributed by atoms with E-state index in [2.05, 4.69) is 40.3 Å². The molecule has 0 heterocycles. The molecule has 0 amide bonds. The number of rotatable bonds is 8. The van der Waals surface area contributed by atoms with E-state index < -0.39 is 0 Å². The number of ketones is 1. The van der Waals surface area contributed by atoms with Crippen LogP contribution in [0.3, 0.4) is 0 Å². The highest BCUT2D eigenvalue weighted by molar-refractivity contribution is 9.10. The summed E-state index contributed by atoms with van der Waals surface area (Å²) in [6.45, 7) is 2.05. The number of nitrogens with one attached hydrogen (secondary N) is 1. The van der Waals surface area contributed by atoms with Gasteiger partial charge in [0.05, 0.1) is 20.3 Å². The topological polar surface area (TPSA) is 47.6 Å². The van der Waals surface area contributed by atoms with Crippen LogP contribution in [0.2, 0.25) is 0 Å². The summed E-state index contributed by atoms with van der Waals surface area (Å²) in [6.07, 6.45) is 0.311. The molecule has 3 aromatic carbocycles. The smallest absolute Gasteiger partial charge is 0.165 e. The summed E-state index contributed by atoms with van der Waals surface area (Å²) in [6, 6.07) is 21.3. The highest BCUT2D eigenvalue weighted by atomic mass is 79.9. The summed E-state index contributed by atoms with van der Waals surface area (Å²) in [5, 5.41) is 3.52. The minimum absolute atomic E-state index is 0.0269. The molecule has 1 atom stereocenters. The molecule has 0 aliphatic rings. The zero-order valence-corrected chi connectivity index (χ0v) is 18.3. The van der Waals surface area contributed by atoms with E-state index >= 15 is 0 Å². The van der Waals surface area contributed by atoms with E-state index in [-0.39, 0.29) is 11.8 Å². The largest absolute Gasteiger partial charge is 0.493 e. The van der Waals surface area contributed by atoms with E-state index in [1.807, 2.05) is 36.4 Å². The minimum Gasteiger partial charge on any atom is -0.493 e. The first-order valence-electron chi connectivity index (χ1n) is 9.34. The molecule has 150 valence electrons. The number of carbonyl (C=O) groups is 1. The van der Waals surface area contributed by atoms with Crippen molar-refractivity contribution in [3.05, 3.63) is 87.9 Å². The molecule has 1 N–H and O–H groups in total. The lowest BCUT2D eigenvalue weighted by atomic mass is 9.97. The fourth-order valence-corrected chi connectivity index (χ4v) is 3.46. The third-order valence-corrected chi connectivity index (χ3v) is 5.26. The fourth-order valence-electron chi connectivity index (χ4n) is 3.20. The van der Waals surface area contributed by atoms with Crippen LogP contribution in [0.5, 0.6) is 11.5 Å². The number of benzene rings is 3. The van der Waals surface area contributed by atoms with Gasteiger partial charge in [0.15, 0.2) is 17.3 Å². The zero-order chi connectivity index (χ0) is 20.8. The molecule has 0 saturated heterocycles. The fraction of sp³-hybridized carbons (Fsp3) is 0.208. The van der Waals surface area contributed by atoms with Gasteiger partial charge in [0.2, 0.25) is 0 Å². The monoisotopic (exact) mass is 453 g/mol. The molecule has 0 fully saturated rings. The van der Waals surface area contributed by atoms with Gasteiger partial charge in [-0.3, -0.25) is 4.79 Å². The Morgan fingerprint density at radius 3 is 2.34 bits per heavy atom. The van der Waals surface area contributed by atoms with Crippen molar-refractivity contribution in [1.82, 2.24) is 0 Å². The number of hydrogen-bond acceptors (Lipinski definition) is 4. The molecule has 3 aromatic rings. The first-order chi connectivity index (χ1) is 14.0. The van der Waals surface area contributed by atoms with Crippen molar-refractivity contribution in [3.8, 4) is 11.5 Å². The molecular weight excluding hydrogens is 430 g/mol. The van der Waals surface area contributed by atoms with Crippen LogP contribution in [0, 0.1) is 6.92 Å². The second kappa shape index (κ2) is 9.61. The van der Waals surface area contributed by atoms with Crippen LogP contribution in [0.1, 0.15) is 33.9 Å². The van der Waals surface area contributed by atoms with E-state index in [1.165, 1.54) is 0 Å². The van der Waals surface area contributed by atoms with Gasteiger partial charge < -0.3 is 14.8 Å². The summed E-state index contributed by atoms with van der Waals surface area (Å²) < 4.78 is 11.6. The van der Waals surface area contributed by atoms with Crippen LogP contribution in [0.25, 0.3) is 0 Å². The van der Waals surface area contributed by atoms with Crippen LogP contribution in [-0.2, 0) is 0 Å². The minimum atomic E-state index is -0.162. The molecular formula is C24H24BrNO3. The Balaban J connectivity index is 1.87. The number of anilines is 1. The molecule has 1 unspecified atom stereocenters. The number of hydrogen-bond donors (Lipinski definition) is 1. The predicted octanol–water partition coefficient (Wildman–Crippen LogP) is 6.20. The quantitative estimate of drug-likeness (QED) is 0.412. The second-order valence-corrected chi connectivity index (χ2v) is 7.73. The number of Topliss-reactive ketones (excluding diaryl/α,β-unsaturated/α-hetero) is 1. The summed E-state index contributed by atoms with van der Waals surface area (Å²) in [4.78, 5) is 13.1. The van der Waals surface area contributed by atoms with Crippen LogP contribution < -0.4 is 14.8 Å². The molecule has 4 nitrogen and oxygen atoms in total. The van der Waals surface area contributed by atoms with Gasteiger partial charge in [0.25, 0.3) is 0 Å². The molecule has 0 bridgehead atoms. The normalized spacial score (nSPS) is 11.6. The maximum Gasteiger partial charge on any atom is 0.165 e.